The quantitative estimate of drug-likeness (QED) is 0.740. The van der Waals surface area contributed by atoms with Crippen LogP contribution in [0.25, 0.3) is 0 Å². The van der Waals surface area contributed by atoms with E-state index < -0.39 is 0 Å². The zero-order valence-corrected chi connectivity index (χ0v) is 17.0. The molecule has 1 atom stereocenters. The number of ether oxygens (including phenoxy) is 1. The number of carbonyl (C=O) groups excluding carboxylic acids is 1. The van der Waals surface area contributed by atoms with E-state index in [-0.39, 0.29) is 24.4 Å². The van der Waals surface area contributed by atoms with Crippen molar-refractivity contribution in [2.45, 2.75) is 25.8 Å². The summed E-state index contributed by atoms with van der Waals surface area (Å²) in [4.78, 5) is 18.6. The van der Waals surface area contributed by atoms with Gasteiger partial charge in [-0.15, -0.1) is 12.4 Å². The number of amides is 1. The molecule has 1 amide bonds. The molecule has 0 aliphatic carbocycles. The highest BCUT2D eigenvalue weighted by molar-refractivity contribution is 5.85. The van der Waals surface area contributed by atoms with Crippen molar-refractivity contribution in [1.82, 2.24) is 9.80 Å². The predicted octanol–water partition coefficient (Wildman–Crippen LogP) is 1.82. The molecule has 0 spiro atoms. The van der Waals surface area contributed by atoms with E-state index in [4.69, 9.17) is 10.5 Å². The monoisotopic (exact) mass is 384 g/mol. The number of nitrogens with zero attached hydrogens (tertiary/aromatic N) is 3. The zero-order chi connectivity index (χ0) is 18.2. The molecule has 6 nitrogen and oxygen atoms in total. The van der Waals surface area contributed by atoms with Crippen LogP contribution in [0.5, 0.6) is 5.75 Å². The molecule has 148 valence electrons. The molecule has 1 aliphatic rings. The molecule has 1 heterocycles. The van der Waals surface area contributed by atoms with Crippen molar-refractivity contribution >= 4 is 24.0 Å². The summed E-state index contributed by atoms with van der Waals surface area (Å²) in [5, 5.41) is 0. The van der Waals surface area contributed by atoms with Gasteiger partial charge < -0.3 is 25.2 Å². The van der Waals surface area contributed by atoms with E-state index in [2.05, 4.69) is 22.8 Å². The van der Waals surface area contributed by atoms with Crippen LogP contribution in [0.4, 0.5) is 5.69 Å². The van der Waals surface area contributed by atoms with Crippen LogP contribution in [0.2, 0.25) is 0 Å². The van der Waals surface area contributed by atoms with Gasteiger partial charge in [0.1, 0.15) is 12.4 Å². The summed E-state index contributed by atoms with van der Waals surface area (Å²) in [7, 11) is 4.07. The van der Waals surface area contributed by atoms with Gasteiger partial charge in [-0.1, -0.05) is 25.5 Å². The van der Waals surface area contributed by atoms with Gasteiger partial charge in [0.15, 0.2) is 0 Å². The van der Waals surface area contributed by atoms with Crippen LogP contribution in [-0.2, 0) is 4.79 Å². The van der Waals surface area contributed by atoms with Crippen molar-refractivity contribution in [2.24, 2.45) is 5.73 Å². The Bertz CT molecular complexity index is 548. The highest BCUT2D eigenvalue weighted by Gasteiger charge is 2.25. The molecule has 1 aromatic carbocycles. The molecular formula is C19H33ClN4O2. The highest BCUT2D eigenvalue weighted by Crippen LogP contribution is 2.28. The first-order chi connectivity index (χ1) is 12.0. The summed E-state index contributed by atoms with van der Waals surface area (Å²) in [6.45, 7) is 6.63. The summed E-state index contributed by atoms with van der Waals surface area (Å²) >= 11 is 0. The number of nitrogens with two attached hydrogens (primary N) is 1. The number of benzene rings is 1. The minimum absolute atomic E-state index is 0. The topological polar surface area (TPSA) is 62.0 Å². The van der Waals surface area contributed by atoms with Crippen molar-refractivity contribution in [2.75, 3.05) is 58.3 Å². The first kappa shape index (κ1) is 22.5. The molecule has 1 saturated heterocycles. The molecule has 0 radical (unpaired) electrons. The van der Waals surface area contributed by atoms with Crippen LogP contribution in [0.3, 0.4) is 0 Å². The van der Waals surface area contributed by atoms with Gasteiger partial charge in [0.2, 0.25) is 5.91 Å². The fourth-order valence-electron chi connectivity index (χ4n) is 3.02. The van der Waals surface area contributed by atoms with Gasteiger partial charge in [-0.2, -0.15) is 0 Å². The van der Waals surface area contributed by atoms with E-state index in [1.165, 1.54) is 0 Å². The second-order valence-electron chi connectivity index (χ2n) is 6.83. The summed E-state index contributed by atoms with van der Waals surface area (Å²) in [6, 6.07) is 7.77. The van der Waals surface area contributed by atoms with Gasteiger partial charge in [0.25, 0.3) is 0 Å². The zero-order valence-electron chi connectivity index (χ0n) is 16.2. The minimum atomic E-state index is -0.363. The SMILES string of the molecule is CCCC(N)C(=O)N1CCN(c2ccccc2OCCN(C)C)CC1.Cl. The van der Waals surface area contributed by atoms with Crippen LogP contribution in [0, 0.1) is 0 Å². The van der Waals surface area contributed by atoms with Gasteiger partial charge in [0.05, 0.1) is 11.7 Å². The Morgan fingerprint density at radius 3 is 2.50 bits per heavy atom. The number of hydrogen-bond donors (Lipinski definition) is 1. The van der Waals surface area contributed by atoms with Crippen molar-refractivity contribution in [1.29, 1.82) is 0 Å². The van der Waals surface area contributed by atoms with Crippen molar-refractivity contribution in [3.63, 3.8) is 0 Å². The molecule has 7 heteroatoms. The lowest BCUT2D eigenvalue weighted by Crippen LogP contribution is -2.53. The van der Waals surface area contributed by atoms with Crippen LogP contribution in [0.1, 0.15) is 19.8 Å². The fourth-order valence-corrected chi connectivity index (χ4v) is 3.02. The molecule has 1 aliphatic heterocycles. The lowest BCUT2D eigenvalue weighted by molar-refractivity contribution is -0.133. The van der Waals surface area contributed by atoms with E-state index in [1.807, 2.05) is 37.2 Å². The number of hydrogen-bond acceptors (Lipinski definition) is 5. The van der Waals surface area contributed by atoms with Crippen LogP contribution in [0.15, 0.2) is 24.3 Å². The van der Waals surface area contributed by atoms with E-state index in [0.717, 1.165) is 43.9 Å². The second kappa shape index (κ2) is 11.3. The van der Waals surface area contributed by atoms with Crippen LogP contribution >= 0.6 is 12.4 Å². The third-order valence-electron chi connectivity index (χ3n) is 4.51. The van der Waals surface area contributed by atoms with E-state index in [9.17, 15) is 4.79 Å². The van der Waals surface area contributed by atoms with Gasteiger partial charge >= 0.3 is 0 Å². The first-order valence-electron chi connectivity index (χ1n) is 9.18. The number of piperazine rings is 1. The third kappa shape index (κ3) is 6.34. The number of para-hydroxylation sites is 2. The summed E-state index contributed by atoms with van der Waals surface area (Å²) in [5.41, 5.74) is 7.08. The average Bonchev–Trinajstić information content (AvgIpc) is 2.61. The first-order valence-corrected chi connectivity index (χ1v) is 9.18. The van der Waals surface area contributed by atoms with Crippen LogP contribution < -0.4 is 15.4 Å². The van der Waals surface area contributed by atoms with Crippen LogP contribution in [-0.4, -0.2) is 75.2 Å². The Labute approximate surface area is 163 Å². The molecule has 1 fully saturated rings. The Morgan fingerprint density at radius 2 is 1.88 bits per heavy atom. The van der Waals surface area contributed by atoms with Gasteiger partial charge in [-0.05, 0) is 32.6 Å². The van der Waals surface area contributed by atoms with Crippen molar-refractivity contribution in [3.8, 4) is 5.75 Å². The Hall–Kier alpha value is -1.50. The second-order valence-corrected chi connectivity index (χ2v) is 6.83. The number of anilines is 1. The number of carbonyl (C=O) groups is 1. The Kier molecular flexibility index (Phi) is 9.76. The highest BCUT2D eigenvalue weighted by atomic mass is 35.5. The molecule has 2 N–H and O–H groups in total. The molecule has 1 unspecified atom stereocenters. The molecule has 0 aromatic heterocycles. The molecule has 26 heavy (non-hydrogen) atoms. The molecule has 2 rings (SSSR count). The normalized spacial score (nSPS) is 15.6. The lowest BCUT2D eigenvalue weighted by Gasteiger charge is -2.37. The average molecular weight is 385 g/mol. The largest absolute Gasteiger partial charge is 0.490 e. The minimum Gasteiger partial charge on any atom is -0.490 e. The Morgan fingerprint density at radius 1 is 1.23 bits per heavy atom. The smallest absolute Gasteiger partial charge is 0.239 e. The standard InChI is InChI=1S/C19H32N4O2.ClH/c1-4-7-16(20)19(24)23-12-10-22(11-13-23)17-8-5-6-9-18(17)25-15-14-21(2)3;/h5-6,8-9,16H,4,7,10-15,20H2,1-3H3;1H. The van der Waals surface area contributed by atoms with Gasteiger partial charge in [-0.3, -0.25) is 4.79 Å². The number of likely N-dealkylation sites (N-methyl/N-ethyl adjacent to an activating group) is 1. The molecule has 1 aromatic rings. The van der Waals surface area contributed by atoms with E-state index in [0.29, 0.717) is 19.7 Å². The molecule has 0 saturated carbocycles. The Balaban J connectivity index is 0.00000338. The summed E-state index contributed by atoms with van der Waals surface area (Å²) < 4.78 is 5.96. The molecule has 0 bridgehead atoms. The maximum absolute atomic E-state index is 12.4. The maximum atomic E-state index is 12.4. The summed E-state index contributed by atoms with van der Waals surface area (Å²) in [5.74, 6) is 0.990. The number of rotatable bonds is 8. The van der Waals surface area contributed by atoms with E-state index >= 15 is 0 Å². The third-order valence-corrected chi connectivity index (χ3v) is 4.51. The number of halogens is 1. The van der Waals surface area contributed by atoms with Gasteiger partial charge in [0, 0.05) is 32.7 Å². The maximum Gasteiger partial charge on any atom is 0.239 e. The fraction of sp³-hybridized carbons (Fsp3) is 0.632. The van der Waals surface area contributed by atoms with Gasteiger partial charge in [-0.25, -0.2) is 0 Å². The molecular weight excluding hydrogens is 352 g/mol. The predicted molar refractivity (Wildman–Crippen MR) is 109 cm³/mol. The lowest BCUT2D eigenvalue weighted by atomic mass is 10.1. The van der Waals surface area contributed by atoms with Crippen molar-refractivity contribution < 1.29 is 9.53 Å². The van der Waals surface area contributed by atoms with E-state index in [1.54, 1.807) is 0 Å². The summed E-state index contributed by atoms with van der Waals surface area (Å²) in [6.07, 6.45) is 1.69. The van der Waals surface area contributed by atoms with Crippen molar-refractivity contribution in [3.05, 3.63) is 24.3 Å².